The van der Waals surface area contributed by atoms with Crippen LogP contribution in [0.5, 0.6) is 0 Å². The lowest BCUT2D eigenvalue weighted by molar-refractivity contribution is 0.830. The van der Waals surface area contributed by atoms with Gasteiger partial charge < -0.3 is 11.1 Å². The van der Waals surface area contributed by atoms with E-state index in [-0.39, 0.29) is 0 Å². The average Bonchev–Trinajstić information content (AvgIpc) is 2.03. The Morgan fingerprint density at radius 2 is 2.23 bits per heavy atom. The van der Waals surface area contributed by atoms with Gasteiger partial charge in [-0.15, -0.1) is 0 Å². The van der Waals surface area contributed by atoms with Crippen LogP contribution in [0.3, 0.4) is 0 Å². The fraction of sp³-hybridized carbons (Fsp3) is 0.556. The molecule has 0 unspecified atom stereocenters. The highest BCUT2D eigenvalue weighted by Crippen LogP contribution is 2.06. The maximum Gasteiger partial charge on any atom is 0.222 e. The first-order chi connectivity index (χ1) is 6.22. The SMILES string of the molecule is CCCCNc1cc(C)nc(N)n1. The molecule has 4 nitrogen and oxygen atoms in total. The predicted molar refractivity (Wildman–Crippen MR) is 54.6 cm³/mol. The number of hydrogen-bond donors (Lipinski definition) is 2. The minimum Gasteiger partial charge on any atom is -0.370 e. The van der Waals surface area contributed by atoms with Crippen molar-refractivity contribution in [1.29, 1.82) is 0 Å². The van der Waals surface area contributed by atoms with Crippen LogP contribution in [-0.2, 0) is 0 Å². The number of aromatic nitrogens is 2. The fourth-order valence-corrected chi connectivity index (χ4v) is 1.08. The van der Waals surface area contributed by atoms with E-state index in [4.69, 9.17) is 5.73 Å². The third-order valence-electron chi connectivity index (χ3n) is 1.71. The Balaban J connectivity index is 2.56. The number of aryl methyl sites for hydroxylation is 1. The molecule has 0 saturated carbocycles. The van der Waals surface area contributed by atoms with Gasteiger partial charge in [0.1, 0.15) is 5.82 Å². The van der Waals surface area contributed by atoms with Crippen molar-refractivity contribution in [2.45, 2.75) is 26.7 Å². The standard InChI is InChI=1S/C9H16N4/c1-3-4-5-11-8-6-7(2)12-9(10)13-8/h6H,3-5H2,1-2H3,(H3,10,11,12,13). The van der Waals surface area contributed by atoms with Crippen molar-refractivity contribution in [2.75, 3.05) is 17.6 Å². The third-order valence-corrected chi connectivity index (χ3v) is 1.71. The first kappa shape index (κ1) is 9.77. The smallest absolute Gasteiger partial charge is 0.222 e. The van der Waals surface area contributed by atoms with Crippen molar-refractivity contribution < 1.29 is 0 Å². The molecule has 3 N–H and O–H groups in total. The van der Waals surface area contributed by atoms with Gasteiger partial charge in [-0.05, 0) is 13.3 Å². The zero-order valence-corrected chi connectivity index (χ0v) is 8.17. The van der Waals surface area contributed by atoms with E-state index in [1.165, 1.54) is 6.42 Å². The third kappa shape index (κ3) is 3.27. The number of nitrogens with two attached hydrogens (primary N) is 1. The quantitative estimate of drug-likeness (QED) is 0.690. The van der Waals surface area contributed by atoms with E-state index in [9.17, 15) is 0 Å². The maximum absolute atomic E-state index is 5.50. The zero-order valence-electron chi connectivity index (χ0n) is 8.17. The summed E-state index contributed by atoms with van der Waals surface area (Å²) in [5.41, 5.74) is 6.40. The van der Waals surface area contributed by atoms with E-state index >= 15 is 0 Å². The highest BCUT2D eigenvalue weighted by atomic mass is 15.1. The van der Waals surface area contributed by atoms with Crippen LogP contribution in [0.2, 0.25) is 0 Å². The van der Waals surface area contributed by atoms with E-state index in [1.54, 1.807) is 0 Å². The van der Waals surface area contributed by atoms with Gasteiger partial charge >= 0.3 is 0 Å². The minimum atomic E-state index is 0.332. The molecule has 0 atom stereocenters. The topological polar surface area (TPSA) is 63.8 Å². The molecule has 1 rings (SSSR count). The summed E-state index contributed by atoms with van der Waals surface area (Å²) in [5.74, 6) is 1.15. The molecule has 1 aromatic heterocycles. The van der Waals surface area contributed by atoms with Crippen LogP contribution in [0, 0.1) is 6.92 Å². The number of hydrogen-bond acceptors (Lipinski definition) is 4. The van der Waals surface area contributed by atoms with Crippen molar-refractivity contribution in [1.82, 2.24) is 9.97 Å². The highest BCUT2D eigenvalue weighted by molar-refractivity contribution is 5.39. The molecule has 0 bridgehead atoms. The molecule has 0 aliphatic heterocycles. The Morgan fingerprint density at radius 1 is 1.46 bits per heavy atom. The summed E-state index contributed by atoms with van der Waals surface area (Å²) < 4.78 is 0. The van der Waals surface area contributed by atoms with Gasteiger partial charge in [0.15, 0.2) is 0 Å². The van der Waals surface area contributed by atoms with Crippen molar-refractivity contribution in [2.24, 2.45) is 0 Å². The molecule has 0 saturated heterocycles. The van der Waals surface area contributed by atoms with Gasteiger partial charge in [0.05, 0.1) is 0 Å². The molecule has 0 fully saturated rings. The minimum absolute atomic E-state index is 0.332. The lowest BCUT2D eigenvalue weighted by atomic mass is 10.3. The number of nitrogens with zero attached hydrogens (tertiary/aromatic N) is 2. The maximum atomic E-state index is 5.50. The van der Waals surface area contributed by atoms with E-state index in [0.717, 1.165) is 24.5 Å². The Morgan fingerprint density at radius 3 is 2.85 bits per heavy atom. The van der Waals surface area contributed by atoms with Crippen LogP contribution in [0.4, 0.5) is 11.8 Å². The molecule has 0 aromatic carbocycles. The van der Waals surface area contributed by atoms with Gasteiger partial charge in [0.25, 0.3) is 0 Å². The molecule has 0 aliphatic rings. The molecule has 0 radical (unpaired) electrons. The summed E-state index contributed by atoms with van der Waals surface area (Å²) in [6, 6.07) is 1.89. The van der Waals surface area contributed by atoms with Crippen LogP contribution in [0.25, 0.3) is 0 Å². The van der Waals surface area contributed by atoms with Gasteiger partial charge in [-0.2, -0.15) is 4.98 Å². The number of unbranched alkanes of at least 4 members (excludes halogenated alkanes) is 1. The Labute approximate surface area is 78.6 Å². The van der Waals surface area contributed by atoms with Crippen molar-refractivity contribution in [3.63, 3.8) is 0 Å². The molecule has 1 heterocycles. The summed E-state index contributed by atoms with van der Waals surface area (Å²) in [7, 11) is 0. The second-order valence-corrected chi connectivity index (χ2v) is 3.03. The lowest BCUT2D eigenvalue weighted by Gasteiger charge is -2.05. The van der Waals surface area contributed by atoms with Crippen molar-refractivity contribution in [3.05, 3.63) is 11.8 Å². The molecule has 72 valence electrons. The summed E-state index contributed by atoms with van der Waals surface area (Å²) in [6.07, 6.45) is 2.31. The molecule has 4 heteroatoms. The summed E-state index contributed by atoms with van der Waals surface area (Å²) in [5, 5.41) is 3.20. The van der Waals surface area contributed by atoms with Gasteiger partial charge in [-0.1, -0.05) is 13.3 Å². The van der Waals surface area contributed by atoms with E-state index < -0.39 is 0 Å². The molecule has 13 heavy (non-hydrogen) atoms. The van der Waals surface area contributed by atoms with E-state index in [2.05, 4.69) is 22.2 Å². The molecule has 0 spiro atoms. The molecule has 0 aliphatic carbocycles. The molecular weight excluding hydrogens is 164 g/mol. The van der Waals surface area contributed by atoms with Crippen LogP contribution in [0.1, 0.15) is 25.5 Å². The van der Waals surface area contributed by atoms with Crippen LogP contribution in [-0.4, -0.2) is 16.5 Å². The average molecular weight is 180 g/mol. The van der Waals surface area contributed by atoms with Gasteiger partial charge in [0, 0.05) is 18.3 Å². The van der Waals surface area contributed by atoms with Crippen molar-refractivity contribution in [3.8, 4) is 0 Å². The van der Waals surface area contributed by atoms with Crippen molar-refractivity contribution >= 4 is 11.8 Å². The van der Waals surface area contributed by atoms with Gasteiger partial charge in [0.2, 0.25) is 5.95 Å². The number of nitrogens with one attached hydrogen (secondary N) is 1. The Kier molecular flexibility index (Phi) is 3.49. The first-order valence-corrected chi connectivity index (χ1v) is 4.57. The Hall–Kier alpha value is -1.32. The highest BCUT2D eigenvalue weighted by Gasteiger charge is 1.97. The monoisotopic (exact) mass is 180 g/mol. The van der Waals surface area contributed by atoms with Crippen LogP contribution in [0.15, 0.2) is 6.07 Å². The van der Waals surface area contributed by atoms with Gasteiger partial charge in [-0.25, -0.2) is 4.98 Å². The number of rotatable bonds is 4. The second-order valence-electron chi connectivity index (χ2n) is 3.03. The second kappa shape index (κ2) is 4.64. The largest absolute Gasteiger partial charge is 0.370 e. The normalized spacial score (nSPS) is 10.0. The zero-order chi connectivity index (χ0) is 9.68. The summed E-state index contributed by atoms with van der Waals surface area (Å²) in [6.45, 7) is 5.00. The lowest BCUT2D eigenvalue weighted by Crippen LogP contribution is -2.06. The van der Waals surface area contributed by atoms with E-state index in [0.29, 0.717) is 5.95 Å². The number of anilines is 2. The molecule has 1 aromatic rings. The van der Waals surface area contributed by atoms with Crippen LogP contribution >= 0.6 is 0 Å². The first-order valence-electron chi connectivity index (χ1n) is 4.57. The summed E-state index contributed by atoms with van der Waals surface area (Å²) in [4.78, 5) is 8.05. The predicted octanol–water partition coefficient (Wildman–Crippen LogP) is 1.58. The van der Waals surface area contributed by atoms with E-state index in [1.807, 2.05) is 13.0 Å². The fourth-order valence-electron chi connectivity index (χ4n) is 1.08. The summed E-state index contributed by atoms with van der Waals surface area (Å²) >= 11 is 0. The van der Waals surface area contributed by atoms with Gasteiger partial charge in [-0.3, -0.25) is 0 Å². The Bertz CT molecular complexity index is 252. The molecule has 0 amide bonds. The van der Waals surface area contributed by atoms with Crippen LogP contribution < -0.4 is 11.1 Å². The number of nitrogen functional groups attached to an aromatic ring is 1. The molecular formula is C9H16N4.